The smallest absolute Gasteiger partial charge is 0.263 e. The van der Waals surface area contributed by atoms with Gasteiger partial charge in [-0.3, -0.25) is 9.52 Å². The maximum absolute atomic E-state index is 13.5. The van der Waals surface area contributed by atoms with Crippen LogP contribution in [-0.4, -0.2) is 36.5 Å². The van der Waals surface area contributed by atoms with Crippen molar-refractivity contribution in [2.45, 2.75) is 75.8 Å². The molecule has 1 unspecified atom stereocenters. The molecular formula is C25H33BrN2O5S. The highest BCUT2D eigenvalue weighted by Gasteiger charge is 2.43. The second-order valence-corrected chi connectivity index (χ2v) is 13.4. The minimum atomic E-state index is -4.08. The third-order valence-corrected chi connectivity index (χ3v) is 8.65. The highest BCUT2D eigenvalue weighted by Crippen LogP contribution is 2.42. The number of hydrogen-bond donors (Lipinski definition) is 3. The van der Waals surface area contributed by atoms with Gasteiger partial charge in [-0.15, -0.1) is 0 Å². The Kier molecular flexibility index (Phi) is 6.65. The van der Waals surface area contributed by atoms with Gasteiger partial charge in [0.05, 0.1) is 0 Å². The van der Waals surface area contributed by atoms with Crippen molar-refractivity contribution in [3.05, 3.63) is 51.5 Å². The van der Waals surface area contributed by atoms with E-state index in [0.717, 1.165) is 0 Å². The topological polar surface area (TPSA) is 107 Å². The van der Waals surface area contributed by atoms with Crippen molar-refractivity contribution < 1.29 is 23.4 Å². The van der Waals surface area contributed by atoms with Gasteiger partial charge in [0, 0.05) is 46.7 Å². The number of carbonyl (C=O) groups is 1. The molecule has 3 rings (SSSR count). The first-order valence-electron chi connectivity index (χ1n) is 11.1. The van der Waals surface area contributed by atoms with Crippen LogP contribution in [0.15, 0.2) is 39.7 Å². The van der Waals surface area contributed by atoms with Crippen LogP contribution in [-0.2, 0) is 31.4 Å². The zero-order valence-corrected chi connectivity index (χ0v) is 23.1. The molecule has 0 radical (unpaired) electrons. The van der Waals surface area contributed by atoms with E-state index in [4.69, 9.17) is 0 Å². The van der Waals surface area contributed by atoms with Gasteiger partial charge >= 0.3 is 0 Å². The molecule has 0 spiro atoms. The van der Waals surface area contributed by atoms with Gasteiger partial charge in [-0.1, -0.05) is 47.6 Å². The predicted octanol–water partition coefficient (Wildman–Crippen LogP) is 4.95. The van der Waals surface area contributed by atoms with E-state index in [2.05, 4.69) is 20.7 Å². The molecule has 1 atom stereocenters. The SMILES string of the molecule is CN1C(=O)CCC1(O)c1ccc(Br)c(S(=O)(=O)Nc2cc(C(C)(C)C)c(O)c(C(C)(C)C)c2)c1. The Hall–Kier alpha value is -2.10. The Labute approximate surface area is 210 Å². The number of halogens is 1. The zero-order chi connectivity index (χ0) is 25.9. The summed E-state index contributed by atoms with van der Waals surface area (Å²) in [4.78, 5) is 13.2. The summed E-state index contributed by atoms with van der Waals surface area (Å²) in [6.45, 7) is 11.7. The van der Waals surface area contributed by atoms with Gasteiger partial charge in [0.1, 0.15) is 10.6 Å². The molecule has 2 aromatic rings. The van der Waals surface area contributed by atoms with Gasteiger partial charge in [0.2, 0.25) is 5.91 Å². The highest BCUT2D eigenvalue weighted by atomic mass is 79.9. The van der Waals surface area contributed by atoms with Crippen LogP contribution in [0.5, 0.6) is 5.75 Å². The average Bonchev–Trinajstić information content (AvgIpc) is 2.96. The van der Waals surface area contributed by atoms with E-state index in [1.165, 1.54) is 18.0 Å². The summed E-state index contributed by atoms with van der Waals surface area (Å²) in [6.07, 6.45) is 0.362. The Morgan fingerprint density at radius 2 is 1.56 bits per heavy atom. The number of aromatic hydroxyl groups is 1. The number of rotatable bonds is 4. The van der Waals surface area contributed by atoms with E-state index in [1.54, 1.807) is 24.3 Å². The van der Waals surface area contributed by atoms with E-state index < -0.39 is 26.6 Å². The predicted molar refractivity (Wildman–Crippen MR) is 136 cm³/mol. The fourth-order valence-corrected chi connectivity index (χ4v) is 6.20. The summed E-state index contributed by atoms with van der Waals surface area (Å²) in [5.41, 5.74) is -0.502. The van der Waals surface area contributed by atoms with Crippen LogP contribution >= 0.6 is 15.9 Å². The molecule has 186 valence electrons. The molecule has 2 aromatic carbocycles. The zero-order valence-electron chi connectivity index (χ0n) is 20.7. The summed E-state index contributed by atoms with van der Waals surface area (Å²) in [5, 5.41) is 22.0. The monoisotopic (exact) mass is 552 g/mol. The Morgan fingerprint density at radius 3 is 2.00 bits per heavy atom. The van der Waals surface area contributed by atoms with Crippen molar-refractivity contribution in [2.75, 3.05) is 11.8 Å². The van der Waals surface area contributed by atoms with Crippen LogP contribution in [0.1, 0.15) is 71.1 Å². The molecule has 7 nitrogen and oxygen atoms in total. The average molecular weight is 554 g/mol. The Bertz CT molecular complexity index is 1210. The number of carbonyl (C=O) groups excluding carboxylic acids is 1. The van der Waals surface area contributed by atoms with E-state index in [0.29, 0.717) is 26.9 Å². The lowest BCUT2D eigenvalue weighted by Crippen LogP contribution is -2.40. The first kappa shape index (κ1) is 26.5. The molecule has 0 aliphatic carbocycles. The van der Waals surface area contributed by atoms with E-state index in [1.807, 2.05) is 41.5 Å². The van der Waals surface area contributed by atoms with Gasteiger partial charge in [-0.25, -0.2) is 8.42 Å². The van der Waals surface area contributed by atoms with Gasteiger partial charge in [0.25, 0.3) is 10.0 Å². The van der Waals surface area contributed by atoms with Crippen molar-refractivity contribution in [1.29, 1.82) is 0 Å². The molecule has 0 bridgehead atoms. The van der Waals surface area contributed by atoms with Crippen LogP contribution in [0.4, 0.5) is 5.69 Å². The summed E-state index contributed by atoms with van der Waals surface area (Å²) >= 11 is 3.32. The normalized spacial score (nSPS) is 19.6. The van der Waals surface area contributed by atoms with E-state index in [9.17, 15) is 23.4 Å². The molecule has 9 heteroatoms. The van der Waals surface area contributed by atoms with Crippen molar-refractivity contribution in [2.24, 2.45) is 0 Å². The molecule has 1 fully saturated rings. The number of hydrogen-bond acceptors (Lipinski definition) is 5. The third-order valence-electron chi connectivity index (χ3n) is 6.28. The molecule has 0 saturated carbocycles. The van der Waals surface area contributed by atoms with Crippen molar-refractivity contribution in [3.8, 4) is 5.75 Å². The highest BCUT2D eigenvalue weighted by molar-refractivity contribution is 9.10. The molecule has 1 aliphatic rings. The number of nitrogens with one attached hydrogen (secondary N) is 1. The largest absolute Gasteiger partial charge is 0.507 e. The number of phenols is 1. The van der Waals surface area contributed by atoms with Crippen LogP contribution in [0.25, 0.3) is 0 Å². The number of aliphatic hydroxyl groups is 1. The molecule has 3 N–H and O–H groups in total. The number of amides is 1. The number of sulfonamides is 1. The van der Waals surface area contributed by atoms with Gasteiger partial charge in [-0.05, 0) is 51.0 Å². The maximum atomic E-state index is 13.5. The number of phenolic OH excluding ortho intramolecular Hbond substituents is 1. The van der Waals surface area contributed by atoms with Gasteiger partial charge < -0.3 is 15.1 Å². The van der Waals surface area contributed by atoms with Crippen LogP contribution in [0.3, 0.4) is 0 Å². The van der Waals surface area contributed by atoms with Crippen molar-refractivity contribution >= 4 is 37.5 Å². The molecule has 1 aliphatic heterocycles. The molecule has 34 heavy (non-hydrogen) atoms. The summed E-state index contributed by atoms with van der Waals surface area (Å²) < 4.78 is 29.9. The van der Waals surface area contributed by atoms with E-state index in [-0.39, 0.29) is 29.4 Å². The minimum Gasteiger partial charge on any atom is -0.507 e. The molecule has 1 heterocycles. The Balaban J connectivity index is 2.11. The van der Waals surface area contributed by atoms with Crippen molar-refractivity contribution in [3.63, 3.8) is 0 Å². The summed E-state index contributed by atoms with van der Waals surface area (Å²) in [5.74, 6) is -0.0521. The molecule has 0 aromatic heterocycles. The van der Waals surface area contributed by atoms with Crippen molar-refractivity contribution in [1.82, 2.24) is 4.90 Å². The van der Waals surface area contributed by atoms with Crippen LogP contribution in [0, 0.1) is 0 Å². The van der Waals surface area contributed by atoms with Gasteiger partial charge in [-0.2, -0.15) is 0 Å². The molecular weight excluding hydrogens is 520 g/mol. The Morgan fingerprint density at radius 1 is 1.03 bits per heavy atom. The summed E-state index contributed by atoms with van der Waals surface area (Å²) in [7, 11) is -2.58. The molecule has 1 amide bonds. The summed E-state index contributed by atoms with van der Waals surface area (Å²) in [6, 6.07) is 7.84. The van der Waals surface area contributed by atoms with Crippen LogP contribution < -0.4 is 4.72 Å². The lowest BCUT2D eigenvalue weighted by Gasteiger charge is -2.31. The number of anilines is 1. The number of nitrogens with zero attached hydrogens (tertiary/aromatic N) is 1. The second-order valence-electron chi connectivity index (χ2n) is 10.9. The fraction of sp³-hybridized carbons (Fsp3) is 0.480. The second kappa shape index (κ2) is 8.53. The standard InChI is InChI=1S/C25H33BrN2O5S/c1-23(2,3)17-13-16(14-18(22(17)30)24(4,5)6)27-34(32,33)20-12-15(8-9-19(20)26)25(31)11-10-21(29)28(25)7/h8-9,12-14,27,30-31H,10-11H2,1-7H3. The van der Waals surface area contributed by atoms with Crippen LogP contribution in [0.2, 0.25) is 0 Å². The maximum Gasteiger partial charge on any atom is 0.263 e. The number of likely N-dealkylation sites (tertiary alicyclic amines) is 1. The quantitative estimate of drug-likeness (QED) is 0.465. The number of benzene rings is 2. The van der Waals surface area contributed by atoms with E-state index >= 15 is 0 Å². The first-order chi connectivity index (χ1) is 15.4. The minimum absolute atomic E-state index is 0.0612. The third kappa shape index (κ3) is 4.83. The fourth-order valence-electron chi connectivity index (χ4n) is 4.17. The lowest BCUT2D eigenvalue weighted by molar-refractivity contribution is -0.142. The lowest BCUT2D eigenvalue weighted by atomic mass is 9.79. The molecule has 1 saturated heterocycles. The van der Waals surface area contributed by atoms with Gasteiger partial charge in [0.15, 0.2) is 5.72 Å². The first-order valence-corrected chi connectivity index (χ1v) is 13.4.